The lowest BCUT2D eigenvalue weighted by atomic mass is 10.1. The Kier molecular flexibility index (Phi) is 2.98. The molecule has 1 aromatic carbocycles. The summed E-state index contributed by atoms with van der Waals surface area (Å²) in [5.41, 5.74) is 12.5. The van der Waals surface area contributed by atoms with Gasteiger partial charge in [0.15, 0.2) is 11.5 Å². The second-order valence-corrected chi connectivity index (χ2v) is 4.50. The minimum Gasteiger partial charge on any atom is -0.384 e. The second-order valence-electron chi connectivity index (χ2n) is 4.50. The molecule has 5 N–H and O–H groups in total. The van der Waals surface area contributed by atoms with Gasteiger partial charge in [-0.2, -0.15) is 0 Å². The zero-order valence-corrected chi connectivity index (χ0v) is 10.9. The van der Waals surface area contributed by atoms with Crippen LogP contribution in [-0.4, -0.2) is 25.4 Å². The van der Waals surface area contributed by atoms with E-state index in [-0.39, 0.29) is 23.8 Å². The van der Waals surface area contributed by atoms with Crippen LogP contribution in [0.2, 0.25) is 0 Å². The topological polar surface area (TPSA) is 119 Å². The number of rotatable bonds is 3. The molecule has 0 aliphatic rings. The van der Waals surface area contributed by atoms with E-state index in [9.17, 15) is 4.39 Å². The SMILES string of the molecule is N=C(N)c1cccc(Cn2cnc3c(N)ncnc32)c1F. The largest absolute Gasteiger partial charge is 0.384 e. The third-order valence-electron chi connectivity index (χ3n) is 3.14. The van der Waals surface area contributed by atoms with Gasteiger partial charge in [-0.15, -0.1) is 0 Å². The molecule has 0 unspecified atom stereocenters. The van der Waals surface area contributed by atoms with Crippen molar-refractivity contribution in [3.8, 4) is 0 Å². The Balaban J connectivity index is 2.05. The molecule has 0 aliphatic heterocycles. The van der Waals surface area contributed by atoms with Gasteiger partial charge >= 0.3 is 0 Å². The van der Waals surface area contributed by atoms with Crippen molar-refractivity contribution in [2.75, 3.05) is 5.73 Å². The average Bonchev–Trinajstić information content (AvgIpc) is 2.85. The number of nitrogens with zero attached hydrogens (tertiary/aromatic N) is 4. The molecule has 0 saturated carbocycles. The molecule has 0 fully saturated rings. The third kappa shape index (κ3) is 2.16. The Bertz CT molecular complexity index is 840. The van der Waals surface area contributed by atoms with Gasteiger partial charge < -0.3 is 16.0 Å². The van der Waals surface area contributed by atoms with E-state index < -0.39 is 5.82 Å². The molecule has 0 atom stereocenters. The highest BCUT2D eigenvalue weighted by atomic mass is 19.1. The van der Waals surface area contributed by atoms with Gasteiger partial charge in [0.25, 0.3) is 0 Å². The Morgan fingerprint density at radius 3 is 2.86 bits per heavy atom. The molecule has 0 spiro atoms. The number of nitrogens with one attached hydrogen (secondary N) is 1. The van der Waals surface area contributed by atoms with Gasteiger partial charge in [0.2, 0.25) is 0 Å². The molecule has 2 aromatic heterocycles. The lowest BCUT2D eigenvalue weighted by Crippen LogP contribution is -2.15. The number of nitrogens with two attached hydrogens (primary N) is 2. The van der Waals surface area contributed by atoms with E-state index >= 15 is 0 Å². The molecular weight excluding hydrogens is 273 g/mol. The molecule has 2 heterocycles. The summed E-state index contributed by atoms with van der Waals surface area (Å²) in [6, 6.07) is 4.74. The van der Waals surface area contributed by atoms with Crippen LogP contribution in [0.15, 0.2) is 30.9 Å². The summed E-state index contributed by atoms with van der Waals surface area (Å²) in [4.78, 5) is 12.1. The summed E-state index contributed by atoms with van der Waals surface area (Å²) in [6.45, 7) is 0.208. The summed E-state index contributed by atoms with van der Waals surface area (Å²) in [6.07, 6.45) is 2.85. The first-order chi connectivity index (χ1) is 10.1. The Morgan fingerprint density at radius 1 is 1.29 bits per heavy atom. The van der Waals surface area contributed by atoms with Crippen LogP contribution in [0.1, 0.15) is 11.1 Å². The fraction of sp³-hybridized carbons (Fsp3) is 0.0769. The van der Waals surface area contributed by atoms with Crippen LogP contribution in [0.3, 0.4) is 0 Å². The molecule has 0 radical (unpaired) electrons. The molecule has 0 bridgehead atoms. The predicted octanol–water partition coefficient (Wildman–Crippen LogP) is 0.880. The zero-order valence-electron chi connectivity index (χ0n) is 10.9. The number of hydrogen-bond acceptors (Lipinski definition) is 5. The summed E-state index contributed by atoms with van der Waals surface area (Å²) in [5.74, 6) is -0.554. The van der Waals surface area contributed by atoms with Crippen molar-refractivity contribution in [2.45, 2.75) is 6.54 Å². The average molecular weight is 285 g/mol. The first-order valence-electron chi connectivity index (χ1n) is 6.11. The molecule has 0 aliphatic carbocycles. The van der Waals surface area contributed by atoms with Crippen molar-refractivity contribution in [1.29, 1.82) is 5.41 Å². The maximum absolute atomic E-state index is 14.3. The van der Waals surface area contributed by atoms with Crippen molar-refractivity contribution in [3.63, 3.8) is 0 Å². The first kappa shape index (κ1) is 13.0. The second kappa shape index (κ2) is 4.82. The van der Waals surface area contributed by atoms with E-state index in [4.69, 9.17) is 16.9 Å². The molecule has 7 nitrogen and oxygen atoms in total. The van der Waals surface area contributed by atoms with Crippen molar-refractivity contribution < 1.29 is 4.39 Å². The van der Waals surface area contributed by atoms with Gasteiger partial charge in [-0.1, -0.05) is 12.1 Å². The van der Waals surface area contributed by atoms with Crippen molar-refractivity contribution in [1.82, 2.24) is 19.5 Å². The van der Waals surface area contributed by atoms with E-state index in [1.807, 2.05) is 0 Å². The van der Waals surface area contributed by atoms with Gasteiger partial charge in [-0.05, 0) is 6.07 Å². The number of benzene rings is 1. The normalized spacial score (nSPS) is 10.9. The monoisotopic (exact) mass is 285 g/mol. The van der Waals surface area contributed by atoms with E-state index in [0.717, 1.165) is 0 Å². The predicted molar refractivity (Wildman–Crippen MR) is 76.3 cm³/mol. The number of anilines is 1. The van der Waals surface area contributed by atoms with Gasteiger partial charge in [-0.3, -0.25) is 5.41 Å². The minimum absolute atomic E-state index is 0.0751. The molecule has 3 aromatic rings. The number of imidazole rings is 1. The fourth-order valence-electron chi connectivity index (χ4n) is 2.11. The van der Waals surface area contributed by atoms with Crippen LogP contribution in [0.5, 0.6) is 0 Å². The Labute approximate surface area is 119 Å². The molecule has 106 valence electrons. The number of amidine groups is 1. The van der Waals surface area contributed by atoms with Gasteiger partial charge in [0.05, 0.1) is 18.4 Å². The molecule has 21 heavy (non-hydrogen) atoms. The van der Waals surface area contributed by atoms with Gasteiger partial charge in [0.1, 0.15) is 23.5 Å². The molecular formula is C13H12FN7. The molecule has 0 saturated heterocycles. The van der Waals surface area contributed by atoms with Crippen LogP contribution < -0.4 is 11.5 Å². The van der Waals surface area contributed by atoms with Crippen molar-refractivity contribution in [2.24, 2.45) is 5.73 Å². The fourth-order valence-corrected chi connectivity index (χ4v) is 2.11. The third-order valence-corrected chi connectivity index (χ3v) is 3.14. The lowest BCUT2D eigenvalue weighted by Gasteiger charge is -2.08. The summed E-state index contributed by atoms with van der Waals surface area (Å²) < 4.78 is 15.9. The van der Waals surface area contributed by atoms with Gasteiger partial charge in [0, 0.05) is 5.56 Å². The maximum atomic E-state index is 14.3. The van der Waals surface area contributed by atoms with Crippen LogP contribution in [0, 0.1) is 11.2 Å². The van der Waals surface area contributed by atoms with Crippen LogP contribution >= 0.6 is 0 Å². The van der Waals surface area contributed by atoms with E-state index in [1.54, 1.807) is 16.7 Å². The van der Waals surface area contributed by atoms with Crippen molar-refractivity contribution >= 4 is 22.8 Å². The quantitative estimate of drug-likeness (QED) is 0.487. The van der Waals surface area contributed by atoms with Crippen LogP contribution in [0.25, 0.3) is 11.2 Å². The highest BCUT2D eigenvalue weighted by molar-refractivity contribution is 5.95. The van der Waals surface area contributed by atoms with E-state index in [1.165, 1.54) is 18.7 Å². The highest BCUT2D eigenvalue weighted by Crippen LogP contribution is 2.18. The molecule has 0 amide bonds. The summed E-state index contributed by atoms with van der Waals surface area (Å²) in [5, 5.41) is 7.36. The van der Waals surface area contributed by atoms with E-state index in [0.29, 0.717) is 16.7 Å². The summed E-state index contributed by atoms with van der Waals surface area (Å²) in [7, 11) is 0. The number of nitrogen functional groups attached to an aromatic ring is 2. The minimum atomic E-state index is -0.520. The maximum Gasteiger partial charge on any atom is 0.165 e. The first-order valence-corrected chi connectivity index (χ1v) is 6.11. The number of fused-ring (bicyclic) bond motifs is 1. The molecule has 8 heteroatoms. The van der Waals surface area contributed by atoms with E-state index in [2.05, 4.69) is 15.0 Å². The van der Waals surface area contributed by atoms with Gasteiger partial charge in [-0.25, -0.2) is 19.3 Å². The van der Waals surface area contributed by atoms with Crippen molar-refractivity contribution in [3.05, 3.63) is 47.8 Å². The summed E-state index contributed by atoms with van der Waals surface area (Å²) >= 11 is 0. The Morgan fingerprint density at radius 2 is 2.10 bits per heavy atom. The van der Waals surface area contributed by atoms with Crippen LogP contribution in [0.4, 0.5) is 10.2 Å². The standard InChI is InChI=1S/C13H12FN7/c14-9-7(2-1-3-8(9)11(15)16)4-21-6-20-10-12(17)18-5-19-13(10)21/h1-3,5-6H,4H2,(H3,15,16)(H2,17,18,19). The number of hydrogen-bond donors (Lipinski definition) is 3. The lowest BCUT2D eigenvalue weighted by molar-refractivity contribution is 0.598. The highest BCUT2D eigenvalue weighted by Gasteiger charge is 2.13. The number of halogens is 1. The molecule has 3 rings (SSSR count). The van der Waals surface area contributed by atoms with Crippen LogP contribution in [-0.2, 0) is 6.54 Å². The zero-order chi connectivity index (χ0) is 15.0. The number of aromatic nitrogens is 4. The Hall–Kier alpha value is -3.03. The smallest absolute Gasteiger partial charge is 0.165 e.